The lowest BCUT2D eigenvalue weighted by atomic mass is 9.87. The van der Waals surface area contributed by atoms with Crippen LogP contribution in [0, 0.1) is 6.92 Å². The highest BCUT2D eigenvalue weighted by atomic mass is 32.1. The van der Waals surface area contributed by atoms with Crippen molar-refractivity contribution in [3.63, 3.8) is 0 Å². The maximum absolute atomic E-state index is 4.49. The molecule has 0 atom stereocenters. The Morgan fingerprint density at radius 3 is 2.62 bits per heavy atom. The lowest BCUT2D eigenvalue weighted by Gasteiger charge is -2.24. The lowest BCUT2D eigenvalue weighted by molar-refractivity contribution is 0.448. The van der Waals surface area contributed by atoms with E-state index in [1.807, 2.05) is 13.1 Å². The molecule has 0 unspecified atom stereocenters. The number of aromatic amines is 1. The fraction of sp³-hybridized carbons (Fsp3) is 0.700. The minimum Gasteiger partial charge on any atom is -0.346 e. The van der Waals surface area contributed by atoms with Crippen LogP contribution in [0.15, 0.2) is 6.20 Å². The normalized spacial score (nSPS) is 29.1. The van der Waals surface area contributed by atoms with Gasteiger partial charge in [0, 0.05) is 23.1 Å². The molecule has 2 nitrogen and oxygen atoms in total. The molecule has 0 amide bonds. The fourth-order valence-corrected chi connectivity index (χ4v) is 2.33. The van der Waals surface area contributed by atoms with Gasteiger partial charge in [0.15, 0.2) is 0 Å². The van der Waals surface area contributed by atoms with E-state index in [0.29, 0.717) is 11.2 Å². The van der Waals surface area contributed by atoms with Crippen molar-refractivity contribution < 1.29 is 0 Å². The maximum atomic E-state index is 4.49. The highest BCUT2D eigenvalue weighted by Crippen LogP contribution is 2.33. The zero-order chi connectivity index (χ0) is 9.26. The molecule has 13 heavy (non-hydrogen) atoms. The molecule has 1 N–H and O–H groups in total. The van der Waals surface area contributed by atoms with Crippen LogP contribution in [0.5, 0.6) is 0 Å². The van der Waals surface area contributed by atoms with Crippen molar-refractivity contribution in [3.05, 3.63) is 17.7 Å². The molecule has 1 fully saturated rings. The second-order valence-corrected chi connectivity index (χ2v) is 4.66. The molecule has 72 valence electrons. The van der Waals surface area contributed by atoms with Crippen molar-refractivity contribution in [2.75, 3.05) is 0 Å². The quantitative estimate of drug-likeness (QED) is 0.664. The molecule has 1 saturated carbocycles. The van der Waals surface area contributed by atoms with Crippen molar-refractivity contribution >= 4 is 12.6 Å². The van der Waals surface area contributed by atoms with Crippen LogP contribution in [0.1, 0.15) is 43.1 Å². The van der Waals surface area contributed by atoms with Gasteiger partial charge in [-0.1, -0.05) is 0 Å². The summed E-state index contributed by atoms with van der Waals surface area (Å²) in [6.07, 6.45) is 6.99. The van der Waals surface area contributed by atoms with Crippen molar-refractivity contribution in [3.8, 4) is 0 Å². The third-order valence-electron chi connectivity index (χ3n) is 2.86. The standard InChI is InChI=1S/C10H16N2S/c1-7-11-6-10(12-7)8-2-4-9(13)5-3-8/h6,8-9,13H,2-5H2,1H3,(H,11,12). The van der Waals surface area contributed by atoms with Crippen LogP contribution >= 0.6 is 12.6 Å². The Labute approximate surface area is 84.6 Å². The van der Waals surface area contributed by atoms with Crippen molar-refractivity contribution in [2.45, 2.75) is 43.8 Å². The molecular weight excluding hydrogens is 180 g/mol. The number of aromatic nitrogens is 2. The average Bonchev–Trinajstić information content (AvgIpc) is 2.53. The summed E-state index contributed by atoms with van der Waals surface area (Å²) in [6, 6.07) is 0. The minimum absolute atomic E-state index is 0.625. The molecule has 0 spiro atoms. The van der Waals surface area contributed by atoms with Gasteiger partial charge in [0.05, 0.1) is 0 Å². The number of aryl methyl sites for hydroxylation is 1. The topological polar surface area (TPSA) is 28.7 Å². The lowest BCUT2D eigenvalue weighted by Crippen LogP contribution is -2.13. The number of H-pyrrole nitrogens is 1. The number of hydrogen-bond acceptors (Lipinski definition) is 2. The van der Waals surface area contributed by atoms with Gasteiger partial charge in [-0.3, -0.25) is 0 Å². The van der Waals surface area contributed by atoms with Crippen LogP contribution in [-0.4, -0.2) is 15.2 Å². The molecular formula is C10H16N2S. The Bertz CT molecular complexity index is 274. The van der Waals surface area contributed by atoms with E-state index in [9.17, 15) is 0 Å². The van der Waals surface area contributed by atoms with Crippen LogP contribution in [-0.2, 0) is 0 Å². The number of nitrogens with zero attached hydrogens (tertiary/aromatic N) is 1. The van der Waals surface area contributed by atoms with Crippen molar-refractivity contribution in [2.24, 2.45) is 0 Å². The van der Waals surface area contributed by atoms with Crippen LogP contribution in [0.4, 0.5) is 0 Å². The van der Waals surface area contributed by atoms with E-state index in [0.717, 1.165) is 5.82 Å². The first-order chi connectivity index (χ1) is 6.25. The van der Waals surface area contributed by atoms with Gasteiger partial charge >= 0.3 is 0 Å². The Hall–Kier alpha value is -0.440. The van der Waals surface area contributed by atoms with E-state index in [1.165, 1.54) is 31.4 Å². The maximum Gasteiger partial charge on any atom is 0.103 e. The molecule has 1 aromatic heterocycles. The van der Waals surface area contributed by atoms with Gasteiger partial charge in [-0.05, 0) is 32.6 Å². The van der Waals surface area contributed by atoms with Gasteiger partial charge in [-0.2, -0.15) is 12.6 Å². The Balaban J connectivity index is 2.02. The first-order valence-electron chi connectivity index (χ1n) is 4.95. The minimum atomic E-state index is 0.625. The largest absolute Gasteiger partial charge is 0.346 e. The van der Waals surface area contributed by atoms with Gasteiger partial charge in [0.25, 0.3) is 0 Å². The van der Waals surface area contributed by atoms with E-state index in [4.69, 9.17) is 0 Å². The molecule has 2 rings (SSSR count). The highest BCUT2D eigenvalue weighted by molar-refractivity contribution is 7.80. The first kappa shape index (κ1) is 9.13. The summed E-state index contributed by atoms with van der Waals surface area (Å²) >= 11 is 4.49. The third-order valence-corrected chi connectivity index (χ3v) is 3.38. The van der Waals surface area contributed by atoms with E-state index in [-0.39, 0.29) is 0 Å². The molecule has 1 aliphatic carbocycles. The molecule has 0 radical (unpaired) electrons. The van der Waals surface area contributed by atoms with E-state index >= 15 is 0 Å². The fourth-order valence-electron chi connectivity index (χ4n) is 2.03. The van der Waals surface area contributed by atoms with Crippen LogP contribution < -0.4 is 0 Å². The summed E-state index contributed by atoms with van der Waals surface area (Å²) in [6.45, 7) is 2.01. The third kappa shape index (κ3) is 2.08. The smallest absolute Gasteiger partial charge is 0.103 e. The molecule has 1 aromatic rings. The summed E-state index contributed by atoms with van der Waals surface area (Å²) in [5.41, 5.74) is 1.32. The van der Waals surface area contributed by atoms with Crippen molar-refractivity contribution in [1.82, 2.24) is 9.97 Å². The van der Waals surface area contributed by atoms with Crippen molar-refractivity contribution in [1.29, 1.82) is 0 Å². The second-order valence-electron chi connectivity index (χ2n) is 3.93. The summed E-state index contributed by atoms with van der Waals surface area (Å²) < 4.78 is 0. The van der Waals surface area contributed by atoms with Gasteiger partial charge in [0.2, 0.25) is 0 Å². The van der Waals surface area contributed by atoms with E-state index in [1.54, 1.807) is 0 Å². The van der Waals surface area contributed by atoms with Gasteiger partial charge in [-0.15, -0.1) is 0 Å². The molecule has 1 aliphatic rings. The summed E-state index contributed by atoms with van der Waals surface area (Å²) in [7, 11) is 0. The first-order valence-corrected chi connectivity index (χ1v) is 5.47. The molecule has 0 aliphatic heterocycles. The van der Waals surface area contributed by atoms with Crippen LogP contribution in [0.25, 0.3) is 0 Å². The second kappa shape index (κ2) is 3.74. The molecule has 0 aromatic carbocycles. The van der Waals surface area contributed by atoms with Crippen LogP contribution in [0.3, 0.4) is 0 Å². The Kier molecular flexibility index (Phi) is 2.63. The molecule has 0 saturated heterocycles. The molecule has 3 heteroatoms. The number of nitrogens with one attached hydrogen (secondary N) is 1. The van der Waals surface area contributed by atoms with Crippen LogP contribution in [0.2, 0.25) is 0 Å². The number of thiol groups is 1. The predicted molar refractivity (Wildman–Crippen MR) is 57.3 cm³/mol. The monoisotopic (exact) mass is 196 g/mol. The highest BCUT2D eigenvalue weighted by Gasteiger charge is 2.21. The number of imidazole rings is 1. The SMILES string of the molecule is Cc1ncc(C2CCC(S)CC2)[nH]1. The molecule has 1 heterocycles. The van der Waals surface area contributed by atoms with Gasteiger partial charge in [0.1, 0.15) is 5.82 Å². The number of hydrogen-bond donors (Lipinski definition) is 2. The predicted octanol–water partition coefficient (Wildman–Crippen LogP) is 2.67. The van der Waals surface area contributed by atoms with Gasteiger partial charge in [-0.25, -0.2) is 4.98 Å². The Morgan fingerprint density at radius 2 is 2.08 bits per heavy atom. The number of rotatable bonds is 1. The Morgan fingerprint density at radius 1 is 1.38 bits per heavy atom. The summed E-state index contributed by atoms with van der Waals surface area (Å²) in [4.78, 5) is 7.56. The molecule has 0 bridgehead atoms. The van der Waals surface area contributed by atoms with E-state index < -0.39 is 0 Å². The van der Waals surface area contributed by atoms with Gasteiger partial charge < -0.3 is 4.98 Å². The summed E-state index contributed by atoms with van der Waals surface area (Å²) in [5.74, 6) is 1.73. The average molecular weight is 196 g/mol. The van der Waals surface area contributed by atoms with E-state index in [2.05, 4.69) is 22.6 Å². The summed E-state index contributed by atoms with van der Waals surface area (Å²) in [5, 5.41) is 0.625. The zero-order valence-electron chi connectivity index (χ0n) is 7.95. The zero-order valence-corrected chi connectivity index (χ0v) is 8.85.